The Morgan fingerprint density at radius 2 is 2.05 bits per heavy atom. The van der Waals surface area contributed by atoms with E-state index in [1.54, 1.807) is 13.2 Å². The van der Waals surface area contributed by atoms with E-state index in [0.29, 0.717) is 17.5 Å². The van der Waals surface area contributed by atoms with Crippen molar-refractivity contribution >= 4 is 11.6 Å². The van der Waals surface area contributed by atoms with E-state index in [-0.39, 0.29) is 5.92 Å². The zero-order valence-corrected chi connectivity index (χ0v) is 12.8. The Morgan fingerprint density at radius 1 is 1.35 bits per heavy atom. The molecule has 1 fully saturated rings. The first-order chi connectivity index (χ1) is 9.67. The summed E-state index contributed by atoms with van der Waals surface area (Å²) in [6.45, 7) is 0.397. The molecule has 1 aliphatic rings. The summed E-state index contributed by atoms with van der Waals surface area (Å²) in [7, 11) is 1.63. The van der Waals surface area contributed by atoms with Gasteiger partial charge in [-0.3, -0.25) is 0 Å². The monoisotopic (exact) mass is 297 g/mol. The first-order valence-corrected chi connectivity index (χ1v) is 7.76. The highest BCUT2D eigenvalue weighted by atomic mass is 35.5. The van der Waals surface area contributed by atoms with Crippen molar-refractivity contribution in [3.05, 3.63) is 28.8 Å². The van der Waals surface area contributed by atoms with E-state index in [9.17, 15) is 5.11 Å². The summed E-state index contributed by atoms with van der Waals surface area (Å²) in [5.41, 5.74) is 6.84. The van der Waals surface area contributed by atoms with Gasteiger partial charge in [0.2, 0.25) is 0 Å². The molecule has 3 nitrogen and oxygen atoms in total. The van der Waals surface area contributed by atoms with Gasteiger partial charge in [0.05, 0.1) is 13.2 Å². The highest BCUT2D eigenvalue weighted by molar-refractivity contribution is 6.30. The van der Waals surface area contributed by atoms with E-state index < -0.39 is 6.10 Å². The Labute approximate surface area is 126 Å². The van der Waals surface area contributed by atoms with Gasteiger partial charge in [0.1, 0.15) is 5.75 Å². The summed E-state index contributed by atoms with van der Waals surface area (Å²) in [6, 6.07) is 5.50. The number of aliphatic hydroxyl groups is 1. The molecule has 4 heteroatoms. The van der Waals surface area contributed by atoms with E-state index in [1.807, 2.05) is 12.1 Å². The third-order valence-electron chi connectivity index (χ3n) is 4.39. The molecule has 0 bridgehead atoms. The van der Waals surface area contributed by atoms with Gasteiger partial charge < -0.3 is 15.6 Å². The number of hydrogen-bond acceptors (Lipinski definition) is 3. The summed E-state index contributed by atoms with van der Waals surface area (Å²) >= 11 is 6.09. The van der Waals surface area contributed by atoms with Crippen LogP contribution in [0.4, 0.5) is 0 Å². The van der Waals surface area contributed by atoms with E-state index in [0.717, 1.165) is 24.2 Å². The van der Waals surface area contributed by atoms with Crippen LogP contribution in [0.3, 0.4) is 0 Å². The molecule has 1 aromatic rings. The normalized spacial score (nSPS) is 19.6. The Kier molecular flexibility index (Phi) is 5.70. The van der Waals surface area contributed by atoms with Gasteiger partial charge in [0.25, 0.3) is 0 Å². The standard InChI is InChI=1S/C16H24ClNO2/c1-20-15-8-7-12(17)9-13(15)14(10-18)16(19)11-5-3-2-4-6-11/h7-9,11,14,16,19H,2-6,10,18H2,1H3. The average Bonchev–Trinajstić information content (AvgIpc) is 2.49. The SMILES string of the molecule is COc1ccc(Cl)cc1C(CN)C(O)C1CCCCC1. The number of nitrogens with two attached hydrogens (primary N) is 1. The summed E-state index contributed by atoms with van der Waals surface area (Å²) in [6.07, 6.45) is 5.42. The van der Waals surface area contributed by atoms with Crippen LogP contribution in [0.5, 0.6) is 5.75 Å². The lowest BCUT2D eigenvalue weighted by atomic mass is 9.78. The summed E-state index contributed by atoms with van der Waals surface area (Å²) in [5, 5.41) is 11.4. The quantitative estimate of drug-likeness (QED) is 0.876. The van der Waals surface area contributed by atoms with Crippen molar-refractivity contribution in [2.24, 2.45) is 11.7 Å². The van der Waals surface area contributed by atoms with Gasteiger partial charge >= 0.3 is 0 Å². The maximum Gasteiger partial charge on any atom is 0.122 e. The molecule has 0 saturated heterocycles. The molecule has 3 N–H and O–H groups in total. The topological polar surface area (TPSA) is 55.5 Å². The lowest BCUT2D eigenvalue weighted by Gasteiger charge is -2.32. The number of ether oxygens (including phenoxy) is 1. The third kappa shape index (κ3) is 3.46. The second kappa shape index (κ2) is 7.30. The van der Waals surface area contributed by atoms with Crippen molar-refractivity contribution in [1.29, 1.82) is 0 Å². The van der Waals surface area contributed by atoms with E-state index in [1.165, 1.54) is 19.3 Å². The minimum Gasteiger partial charge on any atom is -0.496 e. The van der Waals surface area contributed by atoms with Crippen LogP contribution in [0.15, 0.2) is 18.2 Å². The molecule has 0 heterocycles. The second-order valence-corrected chi connectivity index (χ2v) is 6.05. The molecule has 1 saturated carbocycles. The number of halogens is 1. The van der Waals surface area contributed by atoms with Gasteiger partial charge in [-0.15, -0.1) is 0 Å². The van der Waals surface area contributed by atoms with Crippen LogP contribution in [0.2, 0.25) is 5.02 Å². The van der Waals surface area contributed by atoms with Crippen LogP contribution in [0, 0.1) is 5.92 Å². The molecule has 0 amide bonds. The maximum atomic E-state index is 10.7. The fourth-order valence-electron chi connectivity index (χ4n) is 3.25. The van der Waals surface area contributed by atoms with Gasteiger partial charge in [-0.2, -0.15) is 0 Å². The Morgan fingerprint density at radius 3 is 2.65 bits per heavy atom. The first-order valence-electron chi connectivity index (χ1n) is 7.39. The number of hydrogen-bond donors (Lipinski definition) is 2. The molecule has 0 spiro atoms. The van der Waals surface area contributed by atoms with Crippen molar-refractivity contribution in [2.45, 2.75) is 44.1 Å². The Bertz CT molecular complexity index is 432. The van der Waals surface area contributed by atoms with Gasteiger partial charge in [0.15, 0.2) is 0 Å². The first kappa shape index (κ1) is 15.6. The van der Waals surface area contributed by atoms with Crippen molar-refractivity contribution in [3.8, 4) is 5.75 Å². The smallest absolute Gasteiger partial charge is 0.122 e. The van der Waals surface area contributed by atoms with Crippen LogP contribution in [-0.4, -0.2) is 24.9 Å². The molecule has 20 heavy (non-hydrogen) atoms. The summed E-state index contributed by atoms with van der Waals surface area (Å²) < 4.78 is 5.40. The number of benzene rings is 1. The largest absolute Gasteiger partial charge is 0.496 e. The van der Waals surface area contributed by atoms with Gasteiger partial charge in [0, 0.05) is 23.0 Å². The van der Waals surface area contributed by atoms with E-state index in [4.69, 9.17) is 22.1 Å². The van der Waals surface area contributed by atoms with Gasteiger partial charge in [-0.05, 0) is 37.0 Å². The van der Waals surface area contributed by atoms with Crippen molar-refractivity contribution < 1.29 is 9.84 Å². The molecular formula is C16H24ClNO2. The molecule has 112 valence electrons. The lowest BCUT2D eigenvalue weighted by molar-refractivity contribution is 0.0617. The molecular weight excluding hydrogens is 274 g/mol. The minimum atomic E-state index is -0.423. The fourth-order valence-corrected chi connectivity index (χ4v) is 3.43. The maximum absolute atomic E-state index is 10.7. The van der Waals surface area contributed by atoms with Crippen molar-refractivity contribution in [1.82, 2.24) is 0 Å². The molecule has 2 unspecified atom stereocenters. The molecule has 1 aromatic carbocycles. The molecule has 2 rings (SSSR count). The third-order valence-corrected chi connectivity index (χ3v) is 4.63. The van der Waals surface area contributed by atoms with Crippen LogP contribution in [0.25, 0.3) is 0 Å². The van der Waals surface area contributed by atoms with Crippen LogP contribution in [-0.2, 0) is 0 Å². The molecule has 2 atom stereocenters. The molecule has 0 radical (unpaired) electrons. The van der Waals surface area contributed by atoms with E-state index >= 15 is 0 Å². The number of methoxy groups -OCH3 is 1. The predicted molar refractivity (Wildman–Crippen MR) is 82.4 cm³/mol. The minimum absolute atomic E-state index is 0.119. The Hall–Kier alpha value is -0.770. The zero-order valence-electron chi connectivity index (χ0n) is 12.0. The number of rotatable bonds is 5. The zero-order chi connectivity index (χ0) is 14.5. The van der Waals surface area contributed by atoms with E-state index in [2.05, 4.69) is 0 Å². The van der Waals surface area contributed by atoms with Crippen molar-refractivity contribution in [2.75, 3.05) is 13.7 Å². The number of aliphatic hydroxyl groups excluding tert-OH is 1. The lowest BCUT2D eigenvalue weighted by Crippen LogP contribution is -2.33. The average molecular weight is 298 g/mol. The van der Waals surface area contributed by atoms with Crippen molar-refractivity contribution in [3.63, 3.8) is 0 Å². The Balaban J connectivity index is 2.24. The summed E-state index contributed by atoms with van der Waals surface area (Å²) in [5.74, 6) is 0.965. The second-order valence-electron chi connectivity index (χ2n) is 5.62. The predicted octanol–water partition coefficient (Wildman–Crippen LogP) is 3.33. The van der Waals surface area contributed by atoms with Crippen LogP contribution < -0.4 is 10.5 Å². The van der Waals surface area contributed by atoms with Gasteiger partial charge in [-0.1, -0.05) is 30.9 Å². The van der Waals surface area contributed by atoms with Gasteiger partial charge in [-0.25, -0.2) is 0 Å². The van der Waals surface area contributed by atoms with Crippen LogP contribution >= 0.6 is 11.6 Å². The molecule has 0 aliphatic heterocycles. The summed E-state index contributed by atoms with van der Waals surface area (Å²) in [4.78, 5) is 0. The highest BCUT2D eigenvalue weighted by Gasteiger charge is 2.30. The molecule has 0 aromatic heterocycles. The fraction of sp³-hybridized carbons (Fsp3) is 0.625. The van der Waals surface area contributed by atoms with Crippen LogP contribution in [0.1, 0.15) is 43.6 Å². The molecule has 1 aliphatic carbocycles. The highest BCUT2D eigenvalue weighted by Crippen LogP contribution is 2.37.